The fourth-order valence-corrected chi connectivity index (χ4v) is 1.44. The van der Waals surface area contributed by atoms with Gasteiger partial charge in [-0.3, -0.25) is 0 Å². The zero-order valence-electron chi connectivity index (χ0n) is 4.78. The van der Waals surface area contributed by atoms with E-state index in [1.54, 1.807) is 12.2 Å². The van der Waals surface area contributed by atoms with Crippen LogP contribution in [0.1, 0.15) is 6.42 Å². The highest BCUT2D eigenvalue weighted by Crippen LogP contribution is 2.14. The van der Waals surface area contributed by atoms with Crippen molar-refractivity contribution in [1.29, 1.82) is 0 Å². The second kappa shape index (κ2) is 2.07. The van der Waals surface area contributed by atoms with E-state index in [2.05, 4.69) is 0 Å². The van der Waals surface area contributed by atoms with E-state index in [1.165, 1.54) is 6.08 Å². The molecule has 0 heterocycles. The van der Waals surface area contributed by atoms with Crippen LogP contribution in [-0.4, -0.2) is 23.2 Å². The van der Waals surface area contributed by atoms with Crippen LogP contribution >= 0.6 is 0 Å². The van der Waals surface area contributed by atoms with Crippen molar-refractivity contribution >= 4 is 8.80 Å². The monoisotopic (exact) mass is 144 g/mol. The minimum Gasteiger partial charge on any atom is -0.386 e. The van der Waals surface area contributed by atoms with Gasteiger partial charge < -0.3 is 14.4 Å². The van der Waals surface area contributed by atoms with Crippen molar-refractivity contribution in [2.75, 3.05) is 0 Å². The topological polar surface area (TPSA) is 60.7 Å². The first-order valence-corrected chi connectivity index (χ1v) is 4.49. The van der Waals surface area contributed by atoms with Crippen LogP contribution in [0.15, 0.2) is 23.4 Å². The third kappa shape index (κ3) is 1.49. The summed E-state index contributed by atoms with van der Waals surface area (Å²) in [7, 11) is -3.95. The fourth-order valence-electron chi connectivity index (χ4n) is 0.707. The van der Waals surface area contributed by atoms with Gasteiger partial charge in [-0.1, -0.05) is 18.2 Å². The largest absolute Gasteiger partial charge is 0.528 e. The molecule has 1 rings (SSSR count). The second-order valence-corrected chi connectivity index (χ2v) is 3.78. The van der Waals surface area contributed by atoms with Gasteiger partial charge in [0.05, 0.1) is 0 Å². The van der Waals surface area contributed by atoms with Gasteiger partial charge in [0.1, 0.15) is 0 Å². The zero-order chi connectivity index (χ0) is 6.91. The van der Waals surface area contributed by atoms with E-state index >= 15 is 0 Å². The highest BCUT2D eigenvalue weighted by molar-refractivity contribution is 6.65. The molecule has 3 N–H and O–H groups in total. The molecule has 1 aliphatic carbocycles. The molecule has 0 atom stereocenters. The Bertz CT molecular complexity index is 166. The summed E-state index contributed by atoms with van der Waals surface area (Å²) in [6.45, 7) is 0. The molecule has 50 valence electrons. The third-order valence-corrected chi connectivity index (χ3v) is 2.30. The molecular formula is C5H8O3Si. The lowest BCUT2D eigenvalue weighted by Gasteiger charge is -2.06. The summed E-state index contributed by atoms with van der Waals surface area (Å²) in [6.07, 6.45) is 5.59. The van der Waals surface area contributed by atoms with Crippen molar-refractivity contribution in [3.8, 4) is 0 Å². The Morgan fingerprint density at radius 3 is 2.22 bits per heavy atom. The maximum Gasteiger partial charge on any atom is 0.528 e. The molecule has 0 saturated heterocycles. The predicted octanol–water partition coefficient (Wildman–Crippen LogP) is -0.672. The van der Waals surface area contributed by atoms with Crippen LogP contribution in [-0.2, 0) is 0 Å². The molecular weight excluding hydrogens is 136 g/mol. The van der Waals surface area contributed by atoms with Crippen LogP contribution in [0.2, 0.25) is 0 Å². The molecule has 0 aromatic heterocycles. The summed E-state index contributed by atoms with van der Waals surface area (Å²) in [5.41, 5.74) is 0. The van der Waals surface area contributed by atoms with Crippen LogP contribution in [0.25, 0.3) is 0 Å². The van der Waals surface area contributed by atoms with Crippen LogP contribution < -0.4 is 0 Å². The van der Waals surface area contributed by atoms with Gasteiger partial charge in [0, 0.05) is 5.20 Å². The fraction of sp³-hybridized carbons (Fsp3) is 0.200. The van der Waals surface area contributed by atoms with E-state index in [0.29, 0.717) is 6.42 Å². The van der Waals surface area contributed by atoms with Gasteiger partial charge in [0.25, 0.3) is 0 Å². The van der Waals surface area contributed by atoms with Crippen LogP contribution in [0.5, 0.6) is 0 Å². The third-order valence-electron chi connectivity index (χ3n) is 1.16. The summed E-state index contributed by atoms with van der Waals surface area (Å²) in [5, 5.41) is 0.280. The van der Waals surface area contributed by atoms with Gasteiger partial charge in [0.15, 0.2) is 0 Å². The minimum absolute atomic E-state index is 0.280. The average molecular weight is 144 g/mol. The molecule has 0 fully saturated rings. The molecule has 3 nitrogen and oxygen atoms in total. The SMILES string of the molecule is O[Si](O)(O)C1=CCC=C1. The van der Waals surface area contributed by atoms with Crippen molar-refractivity contribution in [3.63, 3.8) is 0 Å². The maximum atomic E-state index is 8.65. The average Bonchev–Trinajstić information content (AvgIpc) is 2.08. The summed E-state index contributed by atoms with van der Waals surface area (Å²) in [5.74, 6) is 0. The Morgan fingerprint density at radius 1 is 1.33 bits per heavy atom. The Hall–Kier alpha value is -0.423. The van der Waals surface area contributed by atoms with Gasteiger partial charge >= 0.3 is 8.80 Å². The van der Waals surface area contributed by atoms with Gasteiger partial charge in [0.2, 0.25) is 0 Å². The van der Waals surface area contributed by atoms with Gasteiger partial charge in [-0.05, 0) is 6.42 Å². The molecule has 0 aromatic rings. The summed E-state index contributed by atoms with van der Waals surface area (Å²) in [6, 6.07) is 0. The van der Waals surface area contributed by atoms with Crippen LogP contribution in [0, 0.1) is 0 Å². The number of allylic oxidation sites excluding steroid dienone is 4. The normalized spacial score (nSPS) is 18.3. The molecule has 0 spiro atoms. The van der Waals surface area contributed by atoms with E-state index in [1.807, 2.05) is 0 Å². The Labute approximate surface area is 53.9 Å². The molecule has 0 aromatic carbocycles. The highest BCUT2D eigenvalue weighted by Gasteiger charge is 2.31. The smallest absolute Gasteiger partial charge is 0.386 e. The van der Waals surface area contributed by atoms with Crippen LogP contribution in [0.4, 0.5) is 0 Å². The van der Waals surface area contributed by atoms with Gasteiger partial charge in [-0.25, -0.2) is 0 Å². The zero-order valence-corrected chi connectivity index (χ0v) is 5.78. The van der Waals surface area contributed by atoms with Crippen LogP contribution in [0.3, 0.4) is 0 Å². The lowest BCUT2D eigenvalue weighted by atomic mass is 10.5. The second-order valence-electron chi connectivity index (χ2n) is 1.93. The Balaban J connectivity index is 2.73. The van der Waals surface area contributed by atoms with Crippen molar-refractivity contribution < 1.29 is 14.4 Å². The summed E-state index contributed by atoms with van der Waals surface area (Å²) >= 11 is 0. The molecule has 1 aliphatic rings. The quantitative estimate of drug-likeness (QED) is 0.428. The van der Waals surface area contributed by atoms with Gasteiger partial charge in [-0.15, -0.1) is 0 Å². The Morgan fingerprint density at radius 2 is 2.00 bits per heavy atom. The van der Waals surface area contributed by atoms with E-state index in [0.717, 1.165) is 0 Å². The first-order valence-electron chi connectivity index (χ1n) is 2.65. The number of rotatable bonds is 1. The minimum atomic E-state index is -3.95. The molecule has 4 heteroatoms. The summed E-state index contributed by atoms with van der Waals surface area (Å²) < 4.78 is 0. The number of hydrogen-bond acceptors (Lipinski definition) is 3. The lowest BCUT2D eigenvalue weighted by molar-refractivity contribution is 0.244. The van der Waals surface area contributed by atoms with Crippen molar-refractivity contribution in [2.45, 2.75) is 6.42 Å². The molecule has 0 unspecified atom stereocenters. The highest BCUT2D eigenvalue weighted by atomic mass is 28.4. The molecule has 0 saturated carbocycles. The maximum absolute atomic E-state index is 8.65. The van der Waals surface area contributed by atoms with Crippen molar-refractivity contribution in [3.05, 3.63) is 23.4 Å². The first-order chi connectivity index (χ1) is 4.11. The summed E-state index contributed by atoms with van der Waals surface area (Å²) in [4.78, 5) is 25.9. The molecule has 0 radical (unpaired) electrons. The molecule has 0 bridgehead atoms. The Kier molecular flexibility index (Phi) is 1.54. The lowest BCUT2D eigenvalue weighted by Crippen LogP contribution is -2.36. The molecule has 0 aliphatic heterocycles. The standard InChI is InChI=1S/C5H8O3Si/c6-9(7,8)5-3-1-2-4-5/h1,3-4,6-8H,2H2. The van der Waals surface area contributed by atoms with E-state index in [-0.39, 0.29) is 5.20 Å². The van der Waals surface area contributed by atoms with E-state index in [9.17, 15) is 0 Å². The van der Waals surface area contributed by atoms with E-state index < -0.39 is 8.80 Å². The predicted molar refractivity (Wildman–Crippen MR) is 34.3 cm³/mol. The van der Waals surface area contributed by atoms with Crippen molar-refractivity contribution in [2.24, 2.45) is 0 Å². The number of hydrogen-bond donors (Lipinski definition) is 3. The van der Waals surface area contributed by atoms with E-state index in [4.69, 9.17) is 14.4 Å². The van der Waals surface area contributed by atoms with Crippen molar-refractivity contribution in [1.82, 2.24) is 0 Å². The van der Waals surface area contributed by atoms with Gasteiger partial charge in [-0.2, -0.15) is 0 Å². The first kappa shape index (κ1) is 6.69. The molecule has 0 amide bonds. The molecule has 9 heavy (non-hydrogen) atoms.